The van der Waals surface area contributed by atoms with Crippen molar-refractivity contribution < 1.29 is 14.7 Å². The van der Waals surface area contributed by atoms with E-state index in [0.29, 0.717) is 6.41 Å². The maximum atomic E-state index is 10.5. The van der Waals surface area contributed by atoms with Gasteiger partial charge in [0.2, 0.25) is 6.41 Å². The Hall–Kier alpha value is -0.880. The van der Waals surface area contributed by atoms with E-state index in [0.717, 1.165) is 8.66 Å². The molecule has 1 amide bonds. The van der Waals surface area contributed by atoms with Crippen LogP contribution in [-0.4, -0.2) is 17.5 Å². The van der Waals surface area contributed by atoms with E-state index in [1.54, 1.807) is 6.07 Å². The van der Waals surface area contributed by atoms with Gasteiger partial charge in [-0.1, -0.05) is 0 Å². The summed E-state index contributed by atoms with van der Waals surface area (Å²) in [6, 6.07) is 3.17. The van der Waals surface area contributed by atoms with Crippen LogP contribution in [0.5, 0.6) is 0 Å². The number of thiophene rings is 1. The molecule has 0 fully saturated rings. The van der Waals surface area contributed by atoms with Crippen LogP contribution in [0.1, 0.15) is 17.3 Å². The molecule has 0 aromatic carbocycles. The van der Waals surface area contributed by atoms with E-state index < -0.39 is 12.0 Å². The van der Waals surface area contributed by atoms with Gasteiger partial charge < -0.3 is 10.4 Å². The molecule has 0 aliphatic carbocycles. The summed E-state index contributed by atoms with van der Waals surface area (Å²) in [4.78, 5) is 21.6. The van der Waals surface area contributed by atoms with Crippen molar-refractivity contribution in [3.8, 4) is 0 Å². The van der Waals surface area contributed by atoms with Gasteiger partial charge >= 0.3 is 5.97 Å². The van der Waals surface area contributed by atoms with Gasteiger partial charge in [-0.25, -0.2) is 0 Å². The van der Waals surface area contributed by atoms with Gasteiger partial charge in [0.15, 0.2) is 0 Å². The normalized spacial score (nSPS) is 12.1. The molecule has 1 unspecified atom stereocenters. The highest BCUT2D eigenvalue weighted by Gasteiger charge is 2.16. The minimum atomic E-state index is -0.936. The zero-order valence-corrected chi connectivity index (χ0v) is 9.47. The second-order valence-electron chi connectivity index (χ2n) is 2.58. The van der Waals surface area contributed by atoms with Crippen LogP contribution in [-0.2, 0) is 9.59 Å². The van der Waals surface area contributed by atoms with E-state index in [-0.39, 0.29) is 6.42 Å². The van der Waals surface area contributed by atoms with Crippen LogP contribution >= 0.6 is 27.3 Å². The summed E-state index contributed by atoms with van der Waals surface area (Å²) >= 11 is 4.68. The second-order valence-corrected chi connectivity index (χ2v) is 5.07. The lowest BCUT2D eigenvalue weighted by molar-refractivity contribution is -0.137. The molecule has 1 rings (SSSR count). The molecule has 0 radical (unpaired) electrons. The Kier molecular flexibility index (Phi) is 4.09. The summed E-state index contributed by atoms with van der Waals surface area (Å²) in [6.07, 6.45) is 0.410. The van der Waals surface area contributed by atoms with Crippen LogP contribution in [0.2, 0.25) is 0 Å². The molecule has 0 spiro atoms. The minimum absolute atomic E-state index is 0.105. The van der Waals surface area contributed by atoms with E-state index in [9.17, 15) is 9.59 Å². The number of carbonyl (C=O) groups excluding carboxylic acids is 1. The number of carboxylic acids is 1. The standard InChI is InChI=1S/C8H8BrNO3S/c9-7-2-1-6(14-7)5(10-4-11)3-8(12)13/h1-2,4-5H,3H2,(H,10,11)(H,12,13). The molecule has 0 saturated heterocycles. The summed E-state index contributed by atoms with van der Waals surface area (Å²) < 4.78 is 0.913. The molecular weight excluding hydrogens is 270 g/mol. The van der Waals surface area contributed by atoms with Crippen molar-refractivity contribution >= 4 is 39.6 Å². The second kappa shape index (κ2) is 5.11. The summed E-state index contributed by atoms with van der Waals surface area (Å²) in [5.74, 6) is -0.936. The fourth-order valence-corrected chi connectivity index (χ4v) is 2.50. The minimum Gasteiger partial charge on any atom is -0.481 e. The third-order valence-corrected chi connectivity index (χ3v) is 3.32. The maximum Gasteiger partial charge on any atom is 0.305 e. The van der Waals surface area contributed by atoms with Gasteiger partial charge in [-0.15, -0.1) is 11.3 Å². The number of aliphatic carboxylic acids is 1. The van der Waals surface area contributed by atoms with E-state index in [1.807, 2.05) is 6.07 Å². The molecule has 1 aromatic rings. The molecule has 2 N–H and O–H groups in total. The van der Waals surface area contributed by atoms with Gasteiger partial charge in [-0.2, -0.15) is 0 Å². The molecule has 4 nitrogen and oxygen atoms in total. The highest BCUT2D eigenvalue weighted by atomic mass is 79.9. The van der Waals surface area contributed by atoms with Crippen molar-refractivity contribution in [3.63, 3.8) is 0 Å². The van der Waals surface area contributed by atoms with E-state index in [2.05, 4.69) is 21.2 Å². The molecule has 0 aliphatic heterocycles. The molecular formula is C8H8BrNO3S. The smallest absolute Gasteiger partial charge is 0.305 e. The lowest BCUT2D eigenvalue weighted by Gasteiger charge is -2.10. The monoisotopic (exact) mass is 277 g/mol. The largest absolute Gasteiger partial charge is 0.481 e. The lowest BCUT2D eigenvalue weighted by Crippen LogP contribution is -2.21. The van der Waals surface area contributed by atoms with Crippen molar-refractivity contribution in [3.05, 3.63) is 20.8 Å². The van der Waals surface area contributed by atoms with Gasteiger partial charge in [0.25, 0.3) is 0 Å². The molecule has 14 heavy (non-hydrogen) atoms. The summed E-state index contributed by atoms with van der Waals surface area (Å²) in [7, 11) is 0. The van der Waals surface area contributed by atoms with Crippen molar-refractivity contribution in [2.75, 3.05) is 0 Å². The number of carbonyl (C=O) groups is 2. The fraction of sp³-hybridized carbons (Fsp3) is 0.250. The Morgan fingerprint density at radius 2 is 2.43 bits per heavy atom. The van der Waals surface area contributed by atoms with Gasteiger partial charge in [-0.3, -0.25) is 9.59 Å². The Balaban J connectivity index is 2.76. The number of nitrogens with one attached hydrogen (secondary N) is 1. The first kappa shape index (κ1) is 11.2. The van der Waals surface area contributed by atoms with Crippen molar-refractivity contribution in [1.29, 1.82) is 0 Å². The summed E-state index contributed by atoms with van der Waals surface area (Å²) in [6.45, 7) is 0. The Morgan fingerprint density at radius 1 is 1.71 bits per heavy atom. The van der Waals surface area contributed by atoms with Crippen LogP contribution in [0.15, 0.2) is 15.9 Å². The maximum absolute atomic E-state index is 10.5. The SMILES string of the molecule is O=CNC(CC(=O)O)c1ccc(Br)s1. The number of hydrogen-bond donors (Lipinski definition) is 2. The van der Waals surface area contributed by atoms with Crippen molar-refractivity contribution in [2.24, 2.45) is 0 Å². The lowest BCUT2D eigenvalue weighted by atomic mass is 10.2. The highest BCUT2D eigenvalue weighted by Crippen LogP contribution is 2.28. The topological polar surface area (TPSA) is 66.4 Å². The van der Waals surface area contributed by atoms with Crippen LogP contribution in [0.3, 0.4) is 0 Å². The van der Waals surface area contributed by atoms with E-state index in [4.69, 9.17) is 5.11 Å². The first-order valence-corrected chi connectivity index (χ1v) is 5.41. The van der Waals surface area contributed by atoms with Gasteiger partial charge in [0, 0.05) is 4.88 Å². The average molecular weight is 278 g/mol. The van der Waals surface area contributed by atoms with Gasteiger partial charge in [0.1, 0.15) is 0 Å². The quantitative estimate of drug-likeness (QED) is 0.807. The summed E-state index contributed by atoms with van der Waals surface area (Å²) in [5, 5.41) is 11.1. The van der Waals surface area contributed by atoms with Crippen LogP contribution < -0.4 is 5.32 Å². The molecule has 6 heteroatoms. The number of amides is 1. The molecule has 0 saturated carbocycles. The van der Waals surface area contributed by atoms with Crippen LogP contribution in [0.25, 0.3) is 0 Å². The zero-order chi connectivity index (χ0) is 10.6. The van der Waals surface area contributed by atoms with Crippen LogP contribution in [0.4, 0.5) is 0 Å². The molecule has 1 aromatic heterocycles. The third-order valence-electron chi connectivity index (χ3n) is 1.59. The van der Waals surface area contributed by atoms with E-state index >= 15 is 0 Å². The number of halogens is 1. The number of rotatable bonds is 5. The number of hydrogen-bond acceptors (Lipinski definition) is 3. The molecule has 76 valence electrons. The van der Waals surface area contributed by atoms with Gasteiger partial charge in [0.05, 0.1) is 16.2 Å². The Bertz CT molecular complexity index is 339. The molecule has 0 aliphatic rings. The predicted octanol–water partition coefficient (Wildman–Crippen LogP) is 1.77. The first-order chi connectivity index (χ1) is 6.63. The first-order valence-electron chi connectivity index (χ1n) is 3.80. The fourth-order valence-electron chi connectivity index (χ4n) is 1.01. The summed E-state index contributed by atoms with van der Waals surface area (Å²) in [5.41, 5.74) is 0. The van der Waals surface area contributed by atoms with Crippen molar-refractivity contribution in [2.45, 2.75) is 12.5 Å². The van der Waals surface area contributed by atoms with Crippen LogP contribution in [0, 0.1) is 0 Å². The highest BCUT2D eigenvalue weighted by molar-refractivity contribution is 9.11. The molecule has 1 heterocycles. The Morgan fingerprint density at radius 3 is 2.86 bits per heavy atom. The molecule has 1 atom stereocenters. The van der Waals surface area contributed by atoms with Crippen molar-refractivity contribution in [1.82, 2.24) is 5.32 Å². The average Bonchev–Trinajstić information content (AvgIpc) is 2.50. The zero-order valence-electron chi connectivity index (χ0n) is 7.07. The molecule has 0 bridgehead atoms. The van der Waals surface area contributed by atoms with Gasteiger partial charge in [-0.05, 0) is 28.1 Å². The number of carboxylic acid groups (broad SMARTS) is 1. The van der Waals surface area contributed by atoms with E-state index in [1.165, 1.54) is 11.3 Å². The third kappa shape index (κ3) is 3.12. The Labute approximate surface area is 93.1 Å². The predicted molar refractivity (Wildman–Crippen MR) is 56.2 cm³/mol.